The van der Waals surface area contributed by atoms with Crippen LogP contribution < -0.4 is 4.74 Å². The standard InChI is InChI=1S/C18H23NO4/c1-22-16-8-4-13(5-9-16)12-23-18(21)15-3-2-10-19(11-15)17(20)14-6-7-14/h4-5,8-9,14-15H,2-3,6-7,10-12H2,1H3. The lowest BCUT2D eigenvalue weighted by Gasteiger charge is -2.31. The summed E-state index contributed by atoms with van der Waals surface area (Å²) in [4.78, 5) is 26.2. The van der Waals surface area contributed by atoms with Gasteiger partial charge < -0.3 is 14.4 Å². The van der Waals surface area contributed by atoms with Crippen molar-refractivity contribution in [3.63, 3.8) is 0 Å². The number of methoxy groups -OCH3 is 1. The van der Waals surface area contributed by atoms with E-state index in [4.69, 9.17) is 9.47 Å². The van der Waals surface area contributed by atoms with Crippen molar-refractivity contribution >= 4 is 11.9 Å². The summed E-state index contributed by atoms with van der Waals surface area (Å²) < 4.78 is 10.5. The predicted octanol–water partition coefficient (Wildman–Crippen LogP) is 2.39. The first-order chi connectivity index (χ1) is 11.2. The van der Waals surface area contributed by atoms with E-state index in [1.807, 2.05) is 29.2 Å². The predicted molar refractivity (Wildman–Crippen MR) is 84.8 cm³/mol. The fraction of sp³-hybridized carbons (Fsp3) is 0.556. The molecule has 1 atom stereocenters. The highest BCUT2D eigenvalue weighted by molar-refractivity contribution is 5.82. The van der Waals surface area contributed by atoms with Gasteiger partial charge in [0.15, 0.2) is 0 Å². The van der Waals surface area contributed by atoms with Gasteiger partial charge in [-0.15, -0.1) is 0 Å². The maximum atomic E-state index is 12.3. The Hall–Kier alpha value is -2.04. The molecule has 1 amide bonds. The van der Waals surface area contributed by atoms with Gasteiger partial charge in [-0.3, -0.25) is 9.59 Å². The molecule has 1 saturated heterocycles. The normalized spacial score (nSPS) is 20.9. The van der Waals surface area contributed by atoms with E-state index in [-0.39, 0.29) is 30.3 Å². The lowest BCUT2D eigenvalue weighted by atomic mass is 9.98. The number of nitrogens with zero attached hydrogens (tertiary/aromatic N) is 1. The van der Waals surface area contributed by atoms with Crippen LogP contribution in [-0.4, -0.2) is 37.0 Å². The van der Waals surface area contributed by atoms with Gasteiger partial charge in [-0.05, 0) is 43.4 Å². The number of amides is 1. The van der Waals surface area contributed by atoms with Gasteiger partial charge in [0.2, 0.25) is 5.91 Å². The Morgan fingerprint density at radius 2 is 1.87 bits per heavy atom. The topological polar surface area (TPSA) is 55.8 Å². The van der Waals surface area contributed by atoms with Crippen LogP contribution in [0.4, 0.5) is 0 Å². The summed E-state index contributed by atoms with van der Waals surface area (Å²) in [6.45, 7) is 1.55. The Morgan fingerprint density at radius 3 is 2.52 bits per heavy atom. The first kappa shape index (κ1) is 15.8. The van der Waals surface area contributed by atoms with Crippen LogP contribution in [0, 0.1) is 11.8 Å². The lowest BCUT2D eigenvalue weighted by molar-refractivity contribution is -0.153. The van der Waals surface area contributed by atoms with Crippen molar-refractivity contribution in [1.29, 1.82) is 0 Å². The zero-order valence-corrected chi connectivity index (χ0v) is 13.5. The fourth-order valence-corrected chi connectivity index (χ4v) is 2.95. The number of ether oxygens (including phenoxy) is 2. The van der Waals surface area contributed by atoms with E-state index in [9.17, 15) is 9.59 Å². The third-order valence-electron chi connectivity index (χ3n) is 4.53. The molecule has 2 aliphatic rings. The highest BCUT2D eigenvalue weighted by Gasteiger charge is 2.37. The van der Waals surface area contributed by atoms with E-state index in [0.717, 1.165) is 43.5 Å². The second kappa shape index (κ2) is 7.02. The van der Waals surface area contributed by atoms with E-state index in [1.165, 1.54) is 0 Å². The minimum atomic E-state index is -0.200. The van der Waals surface area contributed by atoms with Crippen molar-refractivity contribution in [2.75, 3.05) is 20.2 Å². The van der Waals surface area contributed by atoms with Gasteiger partial charge >= 0.3 is 5.97 Å². The van der Waals surface area contributed by atoms with E-state index < -0.39 is 0 Å². The summed E-state index contributed by atoms with van der Waals surface area (Å²) in [6, 6.07) is 7.46. The van der Waals surface area contributed by atoms with Gasteiger partial charge in [-0.25, -0.2) is 0 Å². The molecule has 0 bridgehead atoms. The Bertz CT molecular complexity index is 565. The van der Waals surface area contributed by atoms with Gasteiger partial charge in [-0.1, -0.05) is 12.1 Å². The Balaban J connectivity index is 1.49. The summed E-state index contributed by atoms with van der Waals surface area (Å²) in [6.07, 6.45) is 3.68. The molecule has 0 radical (unpaired) electrons. The Morgan fingerprint density at radius 1 is 1.13 bits per heavy atom. The highest BCUT2D eigenvalue weighted by atomic mass is 16.5. The van der Waals surface area contributed by atoms with Crippen molar-refractivity contribution in [1.82, 2.24) is 4.90 Å². The number of carbonyl (C=O) groups is 2. The average molecular weight is 317 g/mol. The van der Waals surface area contributed by atoms with Gasteiger partial charge in [0.25, 0.3) is 0 Å². The molecule has 5 nitrogen and oxygen atoms in total. The molecule has 0 spiro atoms. The molecule has 1 unspecified atom stereocenters. The monoisotopic (exact) mass is 317 g/mol. The summed E-state index contributed by atoms with van der Waals surface area (Å²) in [5.74, 6) is 0.821. The molecule has 3 rings (SSSR count). The number of likely N-dealkylation sites (tertiary alicyclic amines) is 1. The number of rotatable bonds is 5. The summed E-state index contributed by atoms with van der Waals surface area (Å²) in [5.41, 5.74) is 0.931. The van der Waals surface area contributed by atoms with Gasteiger partial charge in [0.05, 0.1) is 13.0 Å². The number of hydrogen-bond acceptors (Lipinski definition) is 4. The zero-order chi connectivity index (χ0) is 16.2. The molecule has 2 fully saturated rings. The van der Waals surface area contributed by atoms with Crippen LogP contribution in [0.2, 0.25) is 0 Å². The molecule has 1 aliphatic heterocycles. The minimum absolute atomic E-state index is 0.190. The minimum Gasteiger partial charge on any atom is -0.497 e. The summed E-state index contributed by atoms with van der Waals surface area (Å²) >= 11 is 0. The van der Waals surface area contributed by atoms with Crippen LogP contribution in [0.5, 0.6) is 5.75 Å². The van der Waals surface area contributed by atoms with Gasteiger partial charge in [0, 0.05) is 19.0 Å². The molecule has 1 heterocycles. The SMILES string of the molecule is COc1ccc(COC(=O)C2CCCN(C(=O)C3CC3)C2)cc1. The molecular weight excluding hydrogens is 294 g/mol. The Labute approximate surface area is 136 Å². The van der Waals surface area contributed by atoms with Crippen molar-refractivity contribution in [3.05, 3.63) is 29.8 Å². The van der Waals surface area contributed by atoms with Gasteiger partial charge in [-0.2, -0.15) is 0 Å². The van der Waals surface area contributed by atoms with E-state index in [0.29, 0.717) is 6.54 Å². The van der Waals surface area contributed by atoms with E-state index >= 15 is 0 Å². The maximum Gasteiger partial charge on any atom is 0.311 e. The lowest BCUT2D eigenvalue weighted by Crippen LogP contribution is -2.43. The molecule has 0 N–H and O–H groups in total. The number of carbonyl (C=O) groups excluding carboxylic acids is 2. The second-order valence-electron chi connectivity index (χ2n) is 6.35. The third-order valence-corrected chi connectivity index (χ3v) is 4.53. The molecule has 0 aromatic heterocycles. The van der Waals surface area contributed by atoms with Crippen LogP contribution in [0.15, 0.2) is 24.3 Å². The third kappa shape index (κ3) is 4.03. The quantitative estimate of drug-likeness (QED) is 0.783. The van der Waals surface area contributed by atoms with E-state index in [1.54, 1.807) is 7.11 Å². The molecule has 1 aromatic carbocycles. The number of benzene rings is 1. The summed E-state index contributed by atoms with van der Waals surface area (Å²) in [7, 11) is 1.62. The van der Waals surface area contributed by atoms with Crippen molar-refractivity contribution in [3.8, 4) is 5.75 Å². The molecule has 23 heavy (non-hydrogen) atoms. The average Bonchev–Trinajstić information content (AvgIpc) is 3.44. The van der Waals surface area contributed by atoms with Crippen molar-refractivity contribution in [2.24, 2.45) is 11.8 Å². The highest BCUT2D eigenvalue weighted by Crippen LogP contribution is 2.32. The number of hydrogen-bond donors (Lipinski definition) is 0. The molecule has 1 aromatic rings. The van der Waals surface area contributed by atoms with Crippen molar-refractivity contribution < 1.29 is 19.1 Å². The zero-order valence-electron chi connectivity index (χ0n) is 13.5. The number of piperidine rings is 1. The van der Waals surface area contributed by atoms with Gasteiger partial charge in [0.1, 0.15) is 12.4 Å². The first-order valence-electron chi connectivity index (χ1n) is 8.25. The van der Waals surface area contributed by atoms with Crippen LogP contribution >= 0.6 is 0 Å². The van der Waals surface area contributed by atoms with Crippen LogP contribution in [-0.2, 0) is 20.9 Å². The second-order valence-corrected chi connectivity index (χ2v) is 6.35. The first-order valence-corrected chi connectivity index (χ1v) is 8.25. The molecular formula is C18H23NO4. The molecule has 5 heteroatoms. The fourth-order valence-electron chi connectivity index (χ4n) is 2.95. The molecule has 124 valence electrons. The summed E-state index contributed by atoms with van der Waals surface area (Å²) in [5, 5.41) is 0. The van der Waals surface area contributed by atoms with Crippen LogP contribution in [0.25, 0.3) is 0 Å². The largest absolute Gasteiger partial charge is 0.497 e. The Kier molecular flexibility index (Phi) is 4.84. The maximum absolute atomic E-state index is 12.3. The van der Waals surface area contributed by atoms with Crippen LogP contribution in [0.1, 0.15) is 31.2 Å². The van der Waals surface area contributed by atoms with Crippen molar-refractivity contribution in [2.45, 2.75) is 32.3 Å². The molecule has 1 saturated carbocycles. The smallest absolute Gasteiger partial charge is 0.311 e. The van der Waals surface area contributed by atoms with Crippen LogP contribution in [0.3, 0.4) is 0 Å². The molecule has 1 aliphatic carbocycles. The number of esters is 1. The van der Waals surface area contributed by atoms with E-state index in [2.05, 4.69) is 0 Å².